The van der Waals surface area contributed by atoms with E-state index < -0.39 is 58.0 Å². The Labute approximate surface area is 166 Å². The fourth-order valence-electron chi connectivity index (χ4n) is 2.05. The summed E-state index contributed by atoms with van der Waals surface area (Å²) in [5.41, 5.74) is -1.65. The molecule has 1 aliphatic rings. The van der Waals surface area contributed by atoms with Crippen molar-refractivity contribution in [2.24, 2.45) is 0 Å². The Hall–Kier alpha value is -0.180. The van der Waals surface area contributed by atoms with Crippen LogP contribution in [-0.2, 0) is 22.7 Å². The molecule has 0 spiro atoms. The van der Waals surface area contributed by atoms with E-state index >= 15 is 0 Å². The normalized spacial score (nSPS) is 28.3. The molecule has 17 heteroatoms. The molecule has 0 amide bonds. The van der Waals surface area contributed by atoms with E-state index in [1.54, 1.807) is 0 Å². The minimum absolute atomic E-state index is 0. The molecule has 0 saturated carbocycles. The summed E-state index contributed by atoms with van der Waals surface area (Å²) < 4.78 is 35.6. The van der Waals surface area contributed by atoms with Gasteiger partial charge in [-0.05, 0) is 0 Å². The van der Waals surface area contributed by atoms with Gasteiger partial charge in [0.2, 0.25) is 0 Å². The number of phosphoric acid groups is 2. The summed E-state index contributed by atoms with van der Waals surface area (Å²) in [6.45, 7) is -0.902. The molecule has 0 bridgehead atoms. The number of nitrogens with zero attached hydrogens (tertiary/aromatic N) is 1. The van der Waals surface area contributed by atoms with E-state index in [2.05, 4.69) is 8.83 Å². The minimum Gasteiger partial charge on any atom is -0.387 e. The molecule has 143 valence electrons. The van der Waals surface area contributed by atoms with Crippen LogP contribution in [-0.4, -0.2) is 88.9 Å². The molecule has 0 aromatic carbocycles. The summed E-state index contributed by atoms with van der Waals surface area (Å²) in [5, 5.41) is 19.8. The Morgan fingerprint density at radius 3 is 2.35 bits per heavy atom. The Balaban J connectivity index is 0.00000338. The van der Waals surface area contributed by atoms with Crippen molar-refractivity contribution in [1.29, 1.82) is 0 Å². The van der Waals surface area contributed by atoms with E-state index in [-0.39, 0.29) is 29.6 Å². The molecule has 1 aromatic heterocycles. The average molecular weight is 427 g/mol. The van der Waals surface area contributed by atoms with Gasteiger partial charge in [-0.15, -0.1) is 0 Å². The van der Waals surface area contributed by atoms with Gasteiger partial charge in [0.1, 0.15) is 18.3 Å². The first-order valence-electron chi connectivity index (χ1n) is 6.47. The van der Waals surface area contributed by atoms with Crippen LogP contribution in [0.1, 0.15) is 6.23 Å². The number of rotatable bonds is 6. The average Bonchev–Trinajstić information content (AvgIpc) is 2.71. The van der Waals surface area contributed by atoms with Gasteiger partial charge in [0.05, 0.1) is 6.61 Å². The molecular formula is C9H14N2NaO12P2. The molecule has 1 unspecified atom stereocenters. The smallest absolute Gasteiger partial charge is 0.387 e. The number of H-pyrrole nitrogens is 1. The molecule has 1 fully saturated rings. The first-order chi connectivity index (χ1) is 11.4. The maximum Gasteiger partial charge on any atom is 0.481 e. The third-order valence-corrected chi connectivity index (χ3v) is 5.23. The van der Waals surface area contributed by atoms with Crippen LogP contribution in [0.3, 0.4) is 0 Å². The summed E-state index contributed by atoms with van der Waals surface area (Å²) in [7, 11) is -10.5. The van der Waals surface area contributed by atoms with Crippen LogP contribution < -0.4 is 11.2 Å². The molecule has 2 rings (SSSR count). The maximum atomic E-state index is 11.7. The summed E-state index contributed by atoms with van der Waals surface area (Å²) in [4.78, 5) is 50.7. The Kier molecular flexibility index (Phi) is 8.15. The fourth-order valence-corrected chi connectivity index (χ4v) is 3.65. The number of aliphatic hydroxyl groups excluding tert-OH is 2. The zero-order valence-electron chi connectivity index (χ0n) is 13.1. The Morgan fingerprint density at radius 2 is 1.81 bits per heavy atom. The van der Waals surface area contributed by atoms with Gasteiger partial charge < -0.3 is 29.6 Å². The quantitative estimate of drug-likeness (QED) is 0.198. The molecular weight excluding hydrogens is 413 g/mol. The number of aromatic nitrogens is 2. The predicted molar refractivity (Wildman–Crippen MR) is 81.9 cm³/mol. The fraction of sp³-hybridized carbons (Fsp3) is 0.556. The van der Waals surface area contributed by atoms with Crippen LogP contribution in [0.25, 0.3) is 0 Å². The predicted octanol–water partition coefficient (Wildman–Crippen LogP) is -3.00. The number of hydrogen-bond acceptors (Lipinski definition) is 9. The van der Waals surface area contributed by atoms with Crippen molar-refractivity contribution in [3.05, 3.63) is 33.1 Å². The Morgan fingerprint density at radius 1 is 1.19 bits per heavy atom. The van der Waals surface area contributed by atoms with Crippen molar-refractivity contribution in [3.8, 4) is 0 Å². The molecule has 5 atom stereocenters. The van der Waals surface area contributed by atoms with Gasteiger partial charge in [0, 0.05) is 41.8 Å². The van der Waals surface area contributed by atoms with E-state index in [0.29, 0.717) is 0 Å². The van der Waals surface area contributed by atoms with Crippen molar-refractivity contribution in [3.63, 3.8) is 0 Å². The van der Waals surface area contributed by atoms with Crippen LogP contribution in [0, 0.1) is 0 Å². The van der Waals surface area contributed by atoms with Gasteiger partial charge in [-0.1, -0.05) is 0 Å². The molecule has 1 saturated heterocycles. The molecule has 6 N–H and O–H groups in total. The standard InChI is InChI=1S/C9H14N2O12P2.Na/c12-5-1-2-11(9(15)10-5)8-7(14)6(13)4(22-8)3-21-25(19,20)23-24(16,17)18;/h1-2,4,6-8,13-14H,3H2,(H,19,20)(H,10,12,15)(H2,16,17,18);/t4-,6-,7-,8-;/m1./s1. The topological polar surface area (TPSA) is 218 Å². The third kappa shape index (κ3) is 6.17. The molecule has 1 radical (unpaired) electrons. The number of phosphoric ester groups is 1. The first kappa shape index (κ1) is 23.9. The van der Waals surface area contributed by atoms with Crippen molar-refractivity contribution < 1.29 is 47.6 Å². The second kappa shape index (κ2) is 8.88. The second-order valence-corrected chi connectivity index (χ2v) is 7.73. The number of aromatic amines is 1. The number of hydrogen-bond donors (Lipinski definition) is 6. The molecule has 14 nitrogen and oxygen atoms in total. The second-order valence-electron chi connectivity index (χ2n) is 4.90. The SMILES string of the molecule is O=c1ccn([C@@H]2O[C@H](COP(=O)(O)OP(=O)(O)O)[C@@H](O)[C@H]2O)c(=O)[nH]1.[Na]. The van der Waals surface area contributed by atoms with E-state index in [4.69, 9.17) is 19.4 Å². The van der Waals surface area contributed by atoms with Gasteiger partial charge in [-0.2, -0.15) is 4.31 Å². The zero-order valence-corrected chi connectivity index (χ0v) is 16.9. The van der Waals surface area contributed by atoms with E-state index in [9.17, 15) is 28.9 Å². The minimum atomic E-state index is -5.32. The third-order valence-electron chi connectivity index (χ3n) is 3.07. The molecule has 1 aromatic rings. The largest absolute Gasteiger partial charge is 0.481 e. The van der Waals surface area contributed by atoms with Gasteiger partial charge in [-0.25, -0.2) is 13.9 Å². The van der Waals surface area contributed by atoms with Crippen LogP contribution in [0.2, 0.25) is 0 Å². The van der Waals surface area contributed by atoms with Gasteiger partial charge in [0.25, 0.3) is 5.56 Å². The van der Waals surface area contributed by atoms with Crippen molar-refractivity contribution in [2.75, 3.05) is 6.61 Å². The van der Waals surface area contributed by atoms with Crippen molar-refractivity contribution >= 4 is 45.2 Å². The number of nitrogens with one attached hydrogen (secondary N) is 1. The van der Waals surface area contributed by atoms with Crippen LogP contribution >= 0.6 is 15.6 Å². The maximum absolute atomic E-state index is 11.7. The van der Waals surface area contributed by atoms with Gasteiger partial charge >= 0.3 is 21.3 Å². The summed E-state index contributed by atoms with van der Waals surface area (Å²) >= 11 is 0. The van der Waals surface area contributed by atoms with E-state index in [1.807, 2.05) is 4.98 Å². The summed E-state index contributed by atoms with van der Waals surface area (Å²) in [6, 6.07) is 0.962. The van der Waals surface area contributed by atoms with Crippen molar-refractivity contribution in [1.82, 2.24) is 9.55 Å². The van der Waals surface area contributed by atoms with E-state index in [0.717, 1.165) is 16.8 Å². The summed E-state index contributed by atoms with van der Waals surface area (Å²) in [6.07, 6.45) is -5.25. The number of aliphatic hydroxyl groups is 2. The van der Waals surface area contributed by atoms with Gasteiger partial charge in [0.15, 0.2) is 6.23 Å². The van der Waals surface area contributed by atoms with Gasteiger partial charge in [-0.3, -0.25) is 18.9 Å². The molecule has 26 heavy (non-hydrogen) atoms. The van der Waals surface area contributed by atoms with Crippen molar-refractivity contribution in [2.45, 2.75) is 24.5 Å². The molecule has 1 aliphatic heterocycles. The monoisotopic (exact) mass is 427 g/mol. The first-order valence-corrected chi connectivity index (χ1v) is 9.49. The molecule has 2 heterocycles. The van der Waals surface area contributed by atoms with Crippen LogP contribution in [0.15, 0.2) is 21.9 Å². The Bertz CT molecular complexity index is 834. The van der Waals surface area contributed by atoms with Crippen LogP contribution in [0.4, 0.5) is 0 Å². The summed E-state index contributed by atoms with van der Waals surface area (Å²) in [5.74, 6) is 0. The van der Waals surface area contributed by atoms with Crippen LogP contribution in [0.5, 0.6) is 0 Å². The number of ether oxygens (including phenoxy) is 1. The van der Waals surface area contributed by atoms with E-state index in [1.165, 1.54) is 0 Å². The zero-order chi connectivity index (χ0) is 19.0. The molecule has 0 aliphatic carbocycles.